The molecular formula is C13H15ClN2O4S. The second-order valence-corrected chi connectivity index (χ2v) is 6.98. The molecular weight excluding hydrogens is 316 g/mol. The Hall–Kier alpha value is -1.41. The number of hydrogen-bond donors (Lipinski definition) is 1. The molecule has 1 saturated heterocycles. The number of carbonyl (C=O) groups excluding carboxylic acids is 1. The molecule has 1 heterocycles. The molecule has 0 aromatic heterocycles. The van der Waals surface area contributed by atoms with Gasteiger partial charge in [-0.15, -0.1) is 0 Å². The summed E-state index contributed by atoms with van der Waals surface area (Å²) in [5.41, 5.74) is 3.44. The molecule has 1 aromatic carbocycles. The molecule has 0 aliphatic carbocycles. The zero-order chi connectivity index (χ0) is 15.3. The van der Waals surface area contributed by atoms with E-state index in [9.17, 15) is 13.2 Å². The molecule has 2 rings (SSSR count). The molecule has 1 N–H and O–H groups in total. The molecule has 0 atom stereocenters. The van der Waals surface area contributed by atoms with Gasteiger partial charge in [0.25, 0.3) is 15.0 Å². The van der Waals surface area contributed by atoms with E-state index in [4.69, 9.17) is 15.4 Å². The Balaban J connectivity index is 1.92. The average Bonchev–Trinajstić information content (AvgIpc) is 2.46. The summed E-state index contributed by atoms with van der Waals surface area (Å²) in [6.07, 6.45) is 2.99. The second kappa shape index (κ2) is 7.04. The van der Waals surface area contributed by atoms with Crippen LogP contribution in [-0.2, 0) is 18.6 Å². The second-order valence-electron chi connectivity index (χ2n) is 4.42. The normalized spacial score (nSPS) is 17.0. The minimum atomic E-state index is -3.72. The summed E-state index contributed by atoms with van der Waals surface area (Å²) >= 11 is 0. The van der Waals surface area contributed by atoms with Crippen molar-refractivity contribution in [1.29, 1.82) is 0 Å². The van der Waals surface area contributed by atoms with Gasteiger partial charge in [-0.1, -0.05) is 12.1 Å². The van der Waals surface area contributed by atoms with E-state index in [1.807, 2.05) is 0 Å². The molecule has 1 aromatic rings. The molecule has 0 bridgehead atoms. The zero-order valence-electron chi connectivity index (χ0n) is 11.2. The van der Waals surface area contributed by atoms with Crippen molar-refractivity contribution in [2.75, 3.05) is 26.3 Å². The van der Waals surface area contributed by atoms with Crippen LogP contribution in [0.15, 0.2) is 35.2 Å². The van der Waals surface area contributed by atoms with Gasteiger partial charge in [-0.05, 0) is 23.8 Å². The summed E-state index contributed by atoms with van der Waals surface area (Å²) in [7, 11) is 1.50. The Morgan fingerprint density at radius 1 is 1.24 bits per heavy atom. The first-order chi connectivity index (χ1) is 9.95. The quantitative estimate of drug-likeness (QED) is 0.658. The average molecular weight is 331 g/mol. The fourth-order valence-corrected chi connectivity index (χ4v) is 2.55. The lowest BCUT2D eigenvalue weighted by molar-refractivity contribution is -0.123. The summed E-state index contributed by atoms with van der Waals surface area (Å²) in [6.45, 7) is 2.50. The lowest BCUT2D eigenvalue weighted by atomic mass is 10.2. The lowest BCUT2D eigenvalue weighted by Gasteiger charge is -2.26. The van der Waals surface area contributed by atoms with E-state index >= 15 is 0 Å². The molecule has 0 radical (unpaired) electrons. The van der Waals surface area contributed by atoms with Gasteiger partial charge in [0.1, 0.15) is 0 Å². The van der Waals surface area contributed by atoms with Crippen molar-refractivity contribution in [1.82, 2.24) is 10.4 Å². The molecule has 6 nitrogen and oxygen atoms in total. The van der Waals surface area contributed by atoms with E-state index in [-0.39, 0.29) is 10.8 Å². The van der Waals surface area contributed by atoms with Crippen molar-refractivity contribution in [2.24, 2.45) is 0 Å². The summed E-state index contributed by atoms with van der Waals surface area (Å²) in [6, 6.07) is 5.94. The number of hydrazine groups is 1. The van der Waals surface area contributed by atoms with Crippen molar-refractivity contribution in [3.05, 3.63) is 35.9 Å². The van der Waals surface area contributed by atoms with E-state index in [0.717, 1.165) is 0 Å². The van der Waals surface area contributed by atoms with E-state index in [1.165, 1.54) is 18.2 Å². The van der Waals surface area contributed by atoms with Gasteiger partial charge in [0.2, 0.25) is 0 Å². The van der Waals surface area contributed by atoms with E-state index in [2.05, 4.69) is 5.43 Å². The van der Waals surface area contributed by atoms with Crippen LogP contribution in [0.1, 0.15) is 5.56 Å². The Morgan fingerprint density at radius 3 is 2.43 bits per heavy atom. The first-order valence-corrected chi connectivity index (χ1v) is 8.62. The van der Waals surface area contributed by atoms with Crippen LogP contribution in [-0.4, -0.2) is 45.6 Å². The number of nitrogens with zero attached hydrogens (tertiary/aromatic N) is 1. The number of halogens is 1. The van der Waals surface area contributed by atoms with Gasteiger partial charge in [0.05, 0.1) is 18.1 Å². The molecule has 1 fully saturated rings. The number of amides is 1. The highest BCUT2D eigenvalue weighted by atomic mass is 35.7. The van der Waals surface area contributed by atoms with Gasteiger partial charge < -0.3 is 4.74 Å². The summed E-state index contributed by atoms with van der Waals surface area (Å²) in [5.74, 6) is -0.244. The Morgan fingerprint density at radius 2 is 1.86 bits per heavy atom. The predicted molar refractivity (Wildman–Crippen MR) is 79.0 cm³/mol. The van der Waals surface area contributed by atoms with E-state index in [1.54, 1.807) is 23.2 Å². The minimum Gasteiger partial charge on any atom is -0.379 e. The van der Waals surface area contributed by atoms with Gasteiger partial charge in [-0.3, -0.25) is 10.2 Å². The monoisotopic (exact) mass is 330 g/mol. The summed E-state index contributed by atoms with van der Waals surface area (Å²) < 4.78 is 27.4. The Labute approximate surface area is 127 Å². The fraction of sp³-hybridized carbons (Fsp3) is 0.308. The van der Waals surface area contributed by atoms with Gasteiger partial charge >= 0.3 is 0 Å². The molecule has 1 aliphatic rings. The van der Waals surface area contributed by atoms with Crippen LogP contribution >= 0.6 is 10.7 Å². The van der Waals surface area contributed by atoms with Crippen molar-refractivity contribution in [3.8, 4) is 0 Å². The molecule has 21 heavy (non-hydrogen) atoms. The van der Waals surface area contributed by atoms with Crippen molar-refractivity contribution < 1.29 is 17.9 Å². The summed E-state index contributed by atoms with van der Waals surface area (Å²) in [4.78, 5) is 11.7. The van der Waals surface area contributed by atoms with Crippen LogP contribution in [0.5, 0.6) is 0 Å². The Bertz CT molecular complexity index is 622. The molecule has 114 valence electrons. The lowest BCUT2D eigenvalue weighted by Crippen LogP contribution is -2.47. The van der Waals surface area contributed by atoms with Gasteiger partial charge in [0.15, 0.2) is 0 Å². The number of benzene rings is 1. The van der Waals surface area contributed by atoms with Gasteiger partial charge in [-0.2, -0.15) is 0 Å². The third kappa shape index (κ3) is 5.13. The van der Waals surface area contributed by atoms with Crippen LogP contribution in [0.25, 0.3) is 6.08 Å². The molecule has 1 aliphatic heterocycles. The number of ether oxygens (including phenoxy) is 1. The fourth-order valence-electron chi connectivity index (χ4n) is 1.78. The van der Waals surface area contributed by atoms with Crippen LogP contribution in [0, 0.1) is 0 Å². The van der Waals surface area contributed by atoms with E-state index in [0.29, 0.717) is 31.9 Å². The minimum absolute atomic E-state index is 0.0269. The molecule has 0 spiro atoms. The molecule has 1 amide bonds. The molecule has 0 unspecified atom stereocenters. The number of morpholine rings is 1. The third-order valence-electron chi connectivity index (χ3n) is 2.87. The SMILES string of the molecule is O=C(C=Cc1ccc(S(=O)(=O)Cl)cc1)NN1CCOCC1. The smallest absolute Gasteiger partial charge is 0.261 e. The summed E-state index contributed by atoms with van der Waals surface area (Å²) in [5, 5.41) is 1.79. The van der Waals surface area contributed by atoms with Crippen molar-refractivity contribution in [3.63, 3.8) is 0 Å². The maximum Gasteiger partial charge on any atom is 0.261 e. The van der Waals surface area contributed by atoms with Crippen LogP contribution in [0.4, 0.5) is 0 Å². The van der Waals surface area contributed by atoms with Crippen molar-refractivity contribution >= 4 is 31.7 Å². The van der Waals surface area contributed by atoms with E-state index < -0.39 is 9.05 Å². The zero-order valence-corrected chi connectivity index (χ0v) is 12.7. The maximum absolute atomic E-state index is 11.7. The standard InChI is InChI=1S/C13H15ClN2O4S/c14-21(18,19)12-4-1-11(2-5-12)3-6-13(17)15-16-7-9-20-10-8-16/h1-6H,7-10H2,(H,15,17). The first-order valence-electron chi connectivity index (χ1n) is 6.31. The van der Waals surface area contributed by atoms with Crippen LogP contribution < -0.4 is 5.43 Å². The van der Waals surface area contributed by atoms with Gasteiger partial charge in [0, 0.05) is 29.8 Å². The largest absolute Gasteiger partial charge is 0.379 e. The number of nitrogens with one attached hydrogen (secondary N) is 1. The topological polar surface area (TPSA) is 75.7 Å². The predicted octanol–water partition coefficient (Wildman–Crippen LogP) is 0.991. The molecule has 8 heteroatoms. The molecule has 0 saturated carbocycles. The number of hydrogen-bond acceptors (Lipinski definition) is 5. The van der Waals surface area contributed by atoms with Crippen LogP contribution in [0.3, 0.4) is 0 Å². The highest BCUT2D eigenvalue weighted by Crippen LogP contribution is 2.15. The number of carbonyl (C=O) groups is 1. The van der Waals surface area contributed by atoms with Crippen molar-refractivity contribution in [2.45, 2.75) is 4.90 Å². The highest BCUT2D eigenvalue weighted by molar-refractivity contribution is 8.13. The van der Waals surface area contributed by atoms with Gasteiger partial charge in [-0.25, -0.2) is 13.4 Å². The maximum atomic E-state index is 11.7. The number of rotatable bonds is 4. The third-order valence-corrected chi connectivity index (χ3v) is 4.24. The highest BCUT2D eigenvalue weighted by Gasteiger charge is 2.11. The van der Waals surface area contributed by atoms with Crippen LogP contribution in [0.2, 0.25) is 0 Å². The Kier molecular flexibility index (Phi) is 5.35. The first kappa shape index (κ1) is 16.0.